The van der Waals surface area contributed by atoms with Gasteiger partial charge in [0.2, 0.25) is 0 Å². The summed E-state index contributed by atoms with van der Waals surface area (Å²) in [6, 6.07) is 9.48. The Hall–Kier alpha value is -2.56. The molecule has 2 rings (SSSR count). The fourth-order valence-electron chi connectivity index (χ4n) is 1.88. The summed E-state index contributed by atoms with van der Waals surface area (Å²) < 4.78 is 5.60. The molecule has 0 bridgehead atoms. The van der Waals surface area contributed by atoms with E-state index >= 15 is 0 Å². The molecule has 1 heterocycles. The molecule has 5 nitrogen and oxygen atoms in total. The fourth-order valence-corrected chi connectivity index (χ4v) is 1.88. The molecule has 0 atom stereocenters. The average molecular weight is 299 g/mol. The Balaban J connectivity index is 1.63. The van der Waals surface area contributed by atoms with E-state index in [1.54, 1.807) is 12.4 Å². The van der Waals surface area contributed by atoms with E-state index in [4.69, 9.17) is 4.74 Å². The van der Waals surface area contributed by atoms with E-state index in [1.165, 1.54) is 11.1 Å². The number of aromatic nitrogens is 1. The summed E-state index contributed by atoms with van der Waals surface area (Å²) in [6.45, 7) is 5.48. The molecule has 0 fully saturated rings. The summed E-state index contributed by atoms with van der Waals surface area (Å²) in [5, 5.41) is 5.54. The van der Waals surface area contributed by atoms with Crippen molar-refractivity contribution in [1.82, 2.24) is 15.6 Å². The van der Waals surface area contributed by atoms with Crippen LogP contribution in [0, 0.1) is 13.8 Å². The van der Waals surface area contributed by atoms with Crippen LogP contribution in [0.2, 0.25) is 0 Å². The standard InChI is InChI=1S/C17H21N3O2/c1-13-3-4-16(11-14(13)2)22-10-9-19-17(21)20-12-15-5-7-18-8-6-15/h3-8,11H,9-10,12H2,1-2H3,(H2,19,20,21). The first-order valence-corrected chi connectivity index (χ1v) is 7.26. The van der Waals surface area contributed by atoms with E-state index in [0.29, 0.717) is 19.7 Å². The van der Waals surface area contributed by atoms with Crippen LogP contribution in [0.4, 0.5) is 4.79 Å². The number of carbonyl (C=O) groups is 1. The van der Waals surface area contributed by atoms with Gasteiger partial charge in [0.25, 0.3) is 0 Å². The molecule has 5 heteroatoms. The number of nitrogens with zero attached hydrogens (tertiary/aromatic N) is 1. The van der Waals surface area contributed by atoms with E-state index in [9.17, 15) is 4.79 Å². The summed E-state index contributed by atoms with van der Waals surface area (Å²) in [5.41, 5.74) is 3.44. The lowest BCUT2D eigenvalue weighted by Gasteiger charge is -2.10. The Morgan fingerprint density at radius 3 is 2.59 bits per heavy atom. The van der Waals surface area contributed by atoms with Gasteiger partial charge >= 0.3 is 6.03 Å². The molecule has 22 heavy (non-hydrogen) atoms. The predicted octanol–water partition coefficient (Wildman–Crippen LogP) is 2.58. The molecule has 0 saturated carbocycles. The Bertz CT molecular complexity index is 615. The highest BCUT2D eigenvalue weighted by Crippen LogP contribution is 2.15. The molecule has 116 valence electrons. The fraction of sp³-hybridized carbons (Fsp3) is 0.294. The van der Waals surface area contributed by atoms with Crippen molar-refractivity contribution < 1.29 is 9.53 Å². The van der Waals surface area contributed by atoms with Crippen LogP contribution in [0.25, 0.3) is 0 Å². The number of aryl methyl sites for hydroxylation is 2. The van der Waals surface area contributed by atoms with Crippen LogP contribution in [0.15, 0.2) is 42.7 Å². The third kappa shape index (κ3) is 5.09. The normalized spacial score (nSPS) is 10.1. The van der Waals surface area contributed by atoms with E-state index < -0.39 is 0 Å². The van der Waals surface area contributed by atoms with Crippen LogP contribution < -0.4 is 15.4 Å². The zero-order valence-electron chi connectivity index (χ0n) is 12.9. The molecule has 1 aromatic carbocycles. The lowest BCUT2D eigenvalue weighted by atomic mass is 10.1. The molecule has 0 aliphatic rings. The summed E-state index contributed by atoms with van der Waals surface area (Å²) in [6.07, 6.45) is 3.40. The highest BCUT2D eigenvalue weighted by atomic mass is 16.5. The van der Waals surface area contributed by atoms with Crippen LogP contribution in [0.3, 0.4) is 0 Å². The van der Waals surface area contributed by atoms with Crippen molar-refractivity contribution in [3.8, 4) is 5.75 Å². The minimum atomic E-state index is -0.208. The van der Waals surface area contributed by atoms with Crippen molar-refractivity contribution >= 4 is 6.03 Å². The Labute approximate surface area is 130 Å². The molecule has 0 aliphatic heterocycles. The topological polar surface area (TPSA) is 63.2 Å². The third-order valence-corrected chi connectivity index (χ3v) is 3.34. The maximum atomic E-state index is 11.6. The molecular weight excluding hydrogens is 278 g/mol. The summed E-state index contributed by atoms with van der Waals surface area (Å²) in [7, 11) is 0. The molecule has 0 spiro atoms. The molecule has 0 radical (unpaired) electrons. The van der Waals surface area contributed by atoms with Crippen LogP contribution >= 0.6 is 0 Å². The molecule has 2 N–H and O–H groups in total. The molecule has 2 amide bonds. The van der Waals surface area contributed by atoms with Crippen LogP contribution in [0.5, 0.6) is 5.75 Å². The van der Waals surface area contributed by atoms with Gasteiger partial charge in [0.05, 0.1) is 6.54 Å². The van der Waals surface area contributed by atoms with Gasteiger partial charge in [0.15, 0.2) is 0 Å². The smallest absolute Gasteiger partial charge is 0.315 e. The lowest BCUT2D eigenvalue weighted by Crippen LogP contribution is -2.37. The van der Waals surface area contributed by atoms with E-state index in [0.717, 1.165) is 11.3 Å². The number of hydrogen-bond acceptors (Lipinski definition) is 3. The van der Waals surface area contributed by atoms with Crippen molar-refractivity contribution in [3.05, 3.63) is 59.4 Å². The minimum absolute atomic E-state index is 0.208. The first kappa shape index (κ1) is 15.8. The molecule has 1 aromatic heterocycles. The molecule has 0 aliphatic carbocycles. The number of ether oxygens (including phenoxy) is 1. The number of urea groups is 1. The van der Waals surface area contributed by atoms with E-state index in [1.807, 2.05) is 37.3 Å². The third-order valence-electron chi connectivity index (χ3n) is 3.34. The first-order valence-electron chi connectivity index (χ1n) is 7.26. The number of benzene rings is 1. The van der Waals surface area contributed by atoms with Gasteiger partial charge in [-0.25, -0.2) is 4.79 Å². The van der Waals surface area contributed by atoms with Crippen molar-refractivity contribution in [2.24, 2.45) is 0 Å². The van der Waals surface area contributed by atoms with Crippen molar-refractivity contribution in [2.45, 2.75) is 20.4 Å². The number of pyridine rings is 1. The number of rotatable bonds is 6. The number of nitrogens with one attached hydrogen (secondary N) is 2. The second-order valence-corrected chi connectivity index (χ2v) is 5.06. The quantitative estimate of drug-likeness (QED) is 0.806. The van der Waals surface area contributed by atoms with Crippen molar-refractivity contribution in [1.29, 1.82) is 0 Å². The number of amides is 2. The van der Waals surface area contributed by atoms with Crippen LogP contribution in [0.1, 0.15) is 16.7 Å². The van der Waals surface area contributed by atoms with Crippen molar-refractivity contribution in [3.63, 3.8) is 0 Å². The van der Waals surface area contributed by atoms with Gasteiger partial charge in [-0.05, 0) is 54.8 Å². The van der Waals surface area contributed by atoms with Crippen molar-refractivity contribution in [2.75, 3.05) is 13.2 Å². The van der Waals surface area contributed by atoms with E-state index in [2.05, 4.69) is 22.5 Å². The van der Waals surface area contributed by atoms with Gasteiger partial charge in [0.1, 0.15) is 12.4 Å². The molecule has 2 aromatic rings. The van der Waals surface area contributed by atoms with Gasteiger partial charge in [0, 0.05) is 18.9 Å². The largest absolute Gasteiger partial charge is 0.492 e. The Kier molecular flexibility index (Phi) is 5.77. The summed E-state index contributed by atoms with van der Waals surface area (Å²) in [5.74, 6) is 0.821. The van der Waals surface area contributed by atoms with Crippen LogP contribution in [-0.4, -0.2) is 24.2 Å². The maximum absolute atomic E-state index is 11.6. The summed E-state index contributed by atoms with van der Waals surface area (Å²) >= 11 is 0. The highest BCUT2D eigenvalue weighted by molar-refractivity contribution is 5.73. The molecule has 0 saturated heterocycles. The highest BCUT2D eigenvalue weighted by Gasteiger charge is 2.01. The van der Waals surface area contributed by atoms with Crippen LogP contribution in [-0.2, 0) is 6.54 Å². The van der Waals surface area contributed by atoms with Gasteiger partial charge < -0.3 is 15.4 Å². The zero-order chi connectivity index (χ0) is 15.8. The monoisotopic (exact) mass is 299 g/mol. The predicted molar refractivity (Wildman–Crippen MR) is 85.9 cm³/mol. The maximum Gasteiger partial charge on any atom is 0.315 e. The second kappa shape index (κ2) is 8.02. The average Bonchev–Trinajstić information content (AvgIpc) is 2.54. The van der Waals surface area contributed by atoms with Gasteiger partial charge in [-0.2, -0.15) is 0 Å². The zero-order valence-corrected chi connectivity index (χ0v) is 12.9. The SMILES string of the molecule is Cc1ccc(OCCNC(=O)NCc2ccncc2)cc1C. The van der Waals surface area contributed by atoms with Gasteiger partial charge in [-0.1, -0.05) is 6.07 Å². The number of hydrogen-bond donors (Lipinski definition) is 2. The second-order valence-electron chi connectivity index (χ2n) is 5.06. The van der Waals surface area contributed by atoms with E-state index in [-0.39, 0.29) is 6.03 Å². The van der Waals surface area contributed by atoms with Gasteiger partial charge in [-0.15, -0.1) is 0 Å². The summed E-state index contributed by atoms with van der Waals surface area (Å²) in [4.78, 5) is 15.6. The molecular formula is C17H21N3O2. The first-order chi connectivity index (χ1) is 10.6. The lowest BCUT2D eigenvalue weighted by molar-refractivity contribution is 0.236. The molecule has 0 unspecified atom stereocenters. The number of carbonyl (C=O) groups excluding carboxylic acids is 1. The Morgan fingerprint density at radius 1 is 1.09 bits per heavy atom. The van der Waals surface area contributed by atoms with Gasteiger partial charge in [-0.3, -0.25) is 4.98 Å². The minimum Gasteiger partial charge on any atom is -0.492 e. The Morgan fingerprint density at radius 2 is 1.86 bits per heavy atom.